The number of carbonyl (C=O) groups is 1. The van der Waals surface area contributed by atoms with E-state index < -0.39 is 6.10 Å². The second kappa shape index (κ2) is 9.46. The third kappa shape index (κ3) is 4.70. The van der Waals surface area contributed by atoms with Crippen LogP contribution in [0.2, 0.25) is 0 Å². The molecule has 29 heavy (non-hydrogen) atoms. The van der Waals surface area contributed by atoms with E-state index in [2.05, 4.69) is 18.3 Å². The maximum Gasteiger partial charge on any atom is 0.261 e. The van der Waals surface area contributed by atoms with Gasteiger partial charge < -0.3 is 14.8 Å². The minimum Gasteiger partial charge on any atom is -0.496 e. The molecule has 0 spiro atoms. The molecule has 4 nitrogen and oxygen atoms in total. The summed E-state index contributed by atoms with van der Waals surface area (Å²) in [5, 5.41) is 5.27. The Morgan fingerprint density at radius 2 is 1.72 bits per heavy atom. The Kier molecular flexibility index (Phi) is 6.76. The monoisotopic (exact) mass is 391 g/mol. The van der Waals surface area contributed by atoms with Gasteiger partial charge in [-0.1, -0.05) is 62.4 Å². The second-order valence-electron chi connectivity index (χ2n) is 7.19. The van der Waals surface area contributed by atoms with Gasteiger partial charge in [-0.2, -0.15) is 0 Å². The van der Waals surface area contributed by atoms with Crippen molar-refractivity contribution in [1.82, 2.24) is 5.32 Å². The number of nitrogens with one attached hydrogen (secondary N) is 1. The van der Waals surface area contributed by atoms with E-state index >= 15 is 0 Å². The Hall–Kier alpha value is -3.01. The van der Waals surface area contributed by atoms with Gasteiger partial charge >= 0.3 is 0 Å². The number of hydrogen-bond acceptors (Lipinski definition) is 3. The molecule has 3 aromatic carbocycles. The number of benzene rings is 3. The Morgan fingerprint density at radius 3 is 2.41 bits per heavy atom. The summed E-state index contributed by atoms with van der Waals surface area (Å²) in [4.78, 5) is 13.0. The topological polar surface area (TPSA) is 47.6 Å². The van der Waals surface area contributed by atoms with Crippen molar-refractivity contribution in [3.05, 3.63) is 71.8 Å². The van der Waals surface area contributed by atoms with Crippen molar-refractivity contribution in [3.63, 3.8) is 0 Å². The average Bonchev–Trinajstić information content (AvgIpc) is 2.75. The fraction of sp³-hybridized carbons (Fsp3) is 0.320. The van der Waals surface area contributed by atoms with Crippen molar-refractivity contribution in [2.75, 3.05) is 7.11 Å². The van der Waals surface area contributed by atoms with Crippen molar-refractivity contribution < 1.29 is 14.3 Å². The molecule has 0 fully saturated rings. The summed E-state index contributed by atoms with van der Waals surface area (Å²) in [6.45, 7) is 6.04. The number of hydrogen-bond donors (Lipinski definition) is 1. The lowest BCUT2D eigenvalue weighted by Gasteiger charge is -2.23. The molecule has 1 amide bonds. The van der Waals surface area contributed by atoms with Crippen molar-refractivity contribution in [2.45, 2.75) is 45.8 Å². The molecule has 0 saturated heterocycles. The van der Waals surface area contributed by atoms with E-state index in [0.29, 0.717) is 6.42 Å². The second-order valence-corrected chi connectivity index (χ2v) is 7.19. The average molecular weight is 392 g/mol. The zero-order valence-corrected chi connectivity index (χ0v) is 17.6. The van der Waals surface area contributed by atoms with Gasteiger partial charge in [-0.25, -0.2) is 0 Å². The first-order chi connectivity index (χ1) is 14.1. The summed E-state index contributed by atoms with van der Waals surface area (Å²) >= 11 is 0. The lowest BCUT2D eigenvalue weighted by molar-refractivity contribution is -0.128. The van der Waals surface area contributed by atoms with Crippen molar-refractivity contribution in [1.29, 1.82) is 0 Å². The summed E-state index contributed by atoms with van der Waals surface area (Å²) in [7, 11) is 1.66. The first-order valence-electron chi connectivity index (χ1n) is 10.2. The van der Waals surface area contributed by atoms with Crippen LogP contribution in [0.3, 0.4) is 0 Å². The highest BCUT2D eigenvalue weighted by molar-refractivity contribution is 5.89. The zero-order chi connectivity index (χ0) is 20.8. The quantitative estimate of drug-likeness (QED) is 0.545. The van der Waals surface area contributed by atoms with Gasteiger partial charge in [0, 0.05) is 5.39 Å². The lowest BCUT2D eigenvalue weighted by atomic mass is 10.0. The van der Waals surface area contributed by atoms with Crippen molar-refractivity contribution >= 4 is 16.7 Å². The summed E-state index contributed by atoms with van der Waals surface area (Å²) in [5.74, 6) is 1.49. The number of rotatable bonds is 8. The van der Waals surface area contributed by atoms with Gasteiger partial charge in [0.05, 0.1) is 13.2 Å². The Morgan fingerprint density at radius 1 is 0.966 bits per heavy atom. The lowest BCUT2D eigenvalue weighted by Crippen LogP contribution is -2.40. The van der Waals surface area contributed by atoms with Gasteiger partial charge in [-0.05, 0) is 48.4 Å². The molecule has 0 unspecified atom stereocenters. The van der Waals surface area contributed by atoms with Crippen LogP contribution in [0.1, 0.15) is 43.9 Å². The number of amides is 1. The van der Waals surface area contributed by atoms with E-state index in [0.717, 1.165) is 39.8 Å². The van der Waals surface area contributed by atoms with E-state index in [1.807, 2.05) is 68.4 Å². The molecule has 3 aromatic rings. The molecule has 4 heteroatoms. The van der Waals surface area contributed by atoms with Crippen LogP contribution in [0, 0.1) is 6.92 Å². The highest BCUT2D eigenvalue weighted by atomic mass is 16.5. The maximum atomic E-state index is 13.0. The van der Waals surface area contributed by atoms with Crippen LogP contribution in [0.5, 0.6) is 11.5 Å². The summed E-state index contributed by atoms with van der Waals surface area (Å²) in [6, 6.07) is 19.9. The van der Waals surface area contributed by atoms with Gasteiger partial charge in [0.2, 0.25) is 0 Å². The van der Waals surface area contributed by atoms with Crippen LogP contribution in [-0.4, -0.2) is 19.1 Å². The summed E-state index contributed by atoms with van der Waals surface area (Å²) < 4.78 is 11.5. The molecular weight excluding hydrogens is 362 g/mol. The Balaban J connectivity index is 1.77. The maximum absolute atomic E-state index is 13.0. The number of aryl methyl sites for hydroxylation is 1. The predicted octanol–water partition coefficient (Wildman–Crippen LogP) is 5.58. The molecule has 0 aromatic heterocycles. The molecule has 0 aliphatic carbocycles. The van der Waals surface area contributed by atoms with Crippen LogP contribution >= 0.6 is 0 Å². The molecule has 0 aliphatic heterocycles. The summed E-state index contributed by atoms with van der Waals surface area (Å²) in [6.07, 6.45) is 0.837. The molecule has 0 bridgehead atoms. The number of fused-ring (bicyclic) bond motifs is 1. The third-order valence-corrected chi connectivity index (χ3v) is 5.23. The predicted molar refractivity (Wildman–Crippen MR) is 118 cm³/mol. The van der Waals surface area contributed by atoms with E-state index in [-0.39, 0.29) is 11.9 Å². The van der Waals surface area contributed by atoms with E-state index in [1.54, 1.807) is 7.11 Å². The standard InChI is InChI=1S/C25H29NO3/c1-5-21(19-14-15-23(28-4)17(3)16-19)26-25(27)22(6-2)29-24-13-9-11-18-10-7-8-12-20(18)24/h7-16,21-22H,5-6H2,1-4H3,(H,26,27)/t21-,22-/m1/s1. The van der Waals surface area contributed by atoms with Crippen LogP contribution in [0.4, 0.5) is 0 Å². The molecule has 0 aliphatic rings. The van der Waals surface area contributed by atoms with Gasteiger partial charge in [-0.15, -0.1) is 0 Å². The number of carbonyl (C=O) groups excluding carboxylic acids is 1. The fourth-order valence-electron chi connectivity index (χ4n) is 3.58. The molecule has 0 heterocycles. The minimum atomic E-state index is -0.547. The highest BCUT2D eigenvalue weighted by Crippen LogP contribution is 2.27. The van der Waals surface area contributed by atoms with Gasteiger partial charge in [0.1, 0.15) is 11.5 Å². The number of methoxy groups -OCH3 is 1. The summed E-state index contributed by atoms with van der Waals surface area (Å²) in [5.41, 5.74) is 2.12. The molecular formula is C25H29NO3. The smallest absolute Gasteiger partial charge is 0.261 e. The van der Waals surface area contributed by atoms with E-state index in [1.165, 1.54) is 0 Å². The number of ether oxygens (including phenoxy) is 2. The first kappa shape index (κ1) is 20.7. The van der Waals surface area contributed by atoms with Gasteiger partial charge in [-0.3, -0.25) is 4.79 Å². The first-order valence-corrected chi connectivity index (χ1v) is 10.2. The zero-order valence-electron chi connectivity index (χ0n) is 17.6. The molecule has 0 radical (unpaired) electrons. The van der Waals surface area contributed by atoms with Crippen LogP contribution in [-0.2, 0) is 4.79 Å². The van der Waals surface area contributed by atoms with Crippen LogP contribution < -0.4 is 14.8 Å². The Labute approximate surface area is 172 Å². The molecule has 1 N–H and O–H groups in total. The molecule has 3 rings (SSSR count). The highest BCUT2D eigenvalue weighted by Gasteiger charge is 2.23. The molecule has 152 valence electrons. The minimum absolute atomic E-state index is 0.0720. The molecule has 2 atom stereocenters. The Bertz CT molecular complexity index is 977. The fourth-order valence-corrected chi connectivity index (χ4v) is 3.58. The van der Waals surface area contributed by atoms with Crippen molar-refractivity contribution in [2.24, 2.45) is 0 Å². The van der Waals surface area contributed by atoms with Gasteiger partial charge in [0.25, 0.3) is 5.91 Å². The van der Waals surface area contributed by atoms with E-state index in [4.69, 9.17) is 9.47 Å². The van der Waals surface area contributed by atoms with Crippen LogP contribution in [0.15, 0.2) is 60.7 Å². The van der Waals surface area contributed by atoms with Crippen molar-refractivity contribution in [3.8, 4) is 11.5 Å². The molecule has 0 saturated carbocycles. The normalized spacial score (nSPS) is 13.0. The van der Waals surface area contributed by atoms with Gasteiger partial charge in [0.15, 0.2) is 6.10 Å². The van der Waals surface area contributed by atoms with Crippen LogP contribution in [0.25, 0.3) is 10.8 Å². The largest absolute Gasteiger partial charge is 0.496 e. The van der Waals surface area contributed by atoms with E-state index in [9.17, 15) is 4.79 Å². The third-order valence-electron chi connectivity index (χ3n) is 5.23. The SMILES string of the molecule is CC[C@@H](Oc1cccc2ccccc12)C(=O)N[C@H](CC)c1ccc(OC)c(C)c1.